The quantitative estimate of drug-likeness (QED) is 0.482. The smallest absolute Gasteiger partial charge is 0.274 e. The number of unbranched alkanes of at least 4 members (excludes halogenated alkanes) is 3. The summed E-state index contributed by atoms with van der Waals surface area (Å²) in [6.07, 6.45) is 6.76. The molecular weight excluding hydrogens is 280 g/mol. The Bertz CT molecular complexity index is 519. The third-order valence-electron chi connectivity index (χ3n) is 3.37. The van der Waals surface area contributed by atoms with Crippen molar-refractivity contribution >= 4 is 21.6 Å². The summed E-state index contributed by atoms with van der Waals surface area (Å²) >= 11 is 1.63. The molecule has 0 saturated carbocycles. The van der Waals surface area contributed by atoms with E-state index in [-0.39, 0.29) is 0 Å². The lowest BCUT2D eigenvalue weighted by Crippen LogP contribution is -2.19. The van der Waals surface area contributed by atoms with Crippen LogP contribution in [0.3, 0.4) is 0 Å². The van der Waals surface area contributed by atoms with Crippen LogP contribution in [0.15, 0.2) is 36.9 Å². The molecule has 0 bridgehead atoms. The second-order valence-corrected chi connectivity index (χ2v) is 6.25. The first-order chi connectivity index (χ1) is 10.3. The number of rotatable bonds is 10. The Labute approximate surface area is 131 Å². The molecule has 2 aromatic rings. The number of ether oxygens (including phenoxy) is 1. The summed E-state index contributed by atoms with van der Waals surface area (Å²) in [6.45, 7) is 6.63. The molecule has 0 radical (unpaired) electrons. The van der Waals surface area contributed by atoms with Crippen LogP contribution in [0, 0.1) is 0 Å². The van der Waals surface area contributed by atoms with E-state index >= 15 is 0 Å². The monoisotopic (exact) mass is 304 g/mol. The number of nitrogens with zero attached hydrogens (tertiary/aromatic N) is 2. The summed E-state index contributed by atoms with van der Waals surface area (Å²) in [4.78, 5) is 6.77. The van der Waals surface area contributed by atoms with E-state index in [1.165, 1.54) is 24.0 Å². The molecule has 0 amide bonds. The van der Waals surface area contributed by atoms with Crippen LogP contribution in [0.5, 0.6) is 5.19 Å². The fourth-order valence-electron chi connectivity index (χ4n) is 2.22. The van der Waals surface area contributed by atoms with Gasteiger partial charge < -0.3 is 9.64 Å². The molecule has 0 atom stereocenters. The highest BCUT2D eigenvalue weighted by molar-refractivity contribution is 7.20. The lowest BCUT2D eigenvalue weighted by molar-refractivity contribution is 0.299. The van der Waals surface area contributed by atoms with Gasteiger partial charge in [0, 0.05) is 6.54 Å². The fourth-order valence-corrected chi connectivity index (χ4v) is 3.06. The summed E-state index contributed by atoms with van der Waals surface area (Å²) in [5.41, 5.74) is 1.03. The zero-order chi connectivity index (χ0) is 14.9. The Balaban J connectivity index is 1.56. The minimum absolute atomic E-state index is 0.766. The minimum atomic E-state index is 0.766. The van der Waals surface area contributed by atoms with Gasteiger partial charge in [0.25, 0.3) is 5.19 Å². The van der Waals surface area contributed by atoms with Crippen molar-refractivity contribution in [3.8, 4) is 5.19 Å². The molecule has 0 saturated heterocycles. The predicted octanol–water partition coefficient (Wildman–Crippen LogP) is 4.35. The maximum Gasteiger partial charge on any atom is 0.274 e. The SMILES string of the molecule is C=CCN(C)CCCCCCOc1nc2ccccc2s1. The fraction of sp³-hybridized carbons (Fsp3) is 0.471. The molecule has 0 aliphatic rings. The number of para-hydroxylation sites is 1. The Kier molecular flexibility index (Phi) is 6.70. The van der Waals surface area contributed by atoms with E-state index in [0.717, 1.165) is 36.8 Å². The number of aromatic nitrogens is 1. The zero-order valence-corrected chi connectivity index (χ0v) is 13.6. The summed E-state index contributed by atoms with van der Waals surface area (Å²) < 4.78 is 6.93. The van der Waals surface area contributed by atoms with Crippen LogP contribution in [-0.2, 0) is 0 Å². The molecule has 21 heavy (non-hydrogen) atoms. The molecule has 0 fully saturated rings. The Morgan fingerprint density at radius 2 is 2.05 bits per heavy atom. The molecule has 2 rings (SSSR count). The summed E-state index contributed by atoms with van der Waals surface area (Å²) in [5.74, 6) is 0. The van der Waals surface area contributed by atoms with Crippen LogP contribution < -0.4 is 4.74 Å². The average molecular weight is 304 g/mol. The van der Waals surface area contributed by atoms with Gasteiger partial charge in [-0.2, -0.15) is 0 Å². The van der Waals surface area contributed by atoms with Crippen molar-refractivity contribution in [2.45, 2.75) is 25.7 Å². The lowest BCUT2D eigenvalue weighted by Gasteiger charge is -2.13. The van der Waals surface area contributed by atoms with Gasteiger partial charge in [-0.15, -0.1) is 6.58 Å². The second kappa shape index (κ2) is 8.80. The third kappa shape index (κ3) is 5.48. The molecule has 0 aliphatic carbocycles. The molecule has 4 heteroatoms. The number of likely N-dealkylation sites (N-methyl/N-ethyl adjacent to an activating group) is 1. The van der Waals surface area contributed by atoms with Crippen LogP contribution in [0.25, 0.3) is 10.2 Å². The van der Waals surface area contributed by atoms with E-state index in [0.29, 0.717) is 0 Å². The standard InChI is InChI=1S/C17H24N2OS/c1-3-12-19(2)13-8-4-5-9-14-20-17-18-15-10-6-7-11-16(15)21-17/h3,6-7,10-11H,1,4-5,8-9,12-14H2,2H3. The van der Waals surface area contributed by atoms with E-state index in [1.807, 2.05) is 24.3 Å². The molecule has 0 N–H and O–H groups in total. The van der Waals surface area contributed by atoms with Crippen molar-refractivity contribution in [1.82, 2.24) is 9.88 Å². The van der Waals surface area contributed by atoms with Gasteiger partial charge in [0.1, 0.15) is 0 Å². The molecule has 0 aliphatic heterocycles. The molecule has 0 unspecified atom stereocenters. The average Bonchev–Trinajstić information content (AvgIpc) is 2.89. The minimum Gasteiger partial charge on any atom is -0.470 e. The first kappa shape index (κ1) is 16.0. The van der Waals surface area contributed by atoms with Gasteiger partial charge in [-0.25, -0.2) is 4.98 Å². The van der Waals surface area contributed by atoms with Crippen LogP contribution in [0.2, 0.25) is 0 Å². The Morgan fingerprint density at radius 1 is 1.24 bits per heavy atom. The van der Waals surface area contributed by atoms with Crippen LogP contribution >= 0.6 is 11.3 Å². The number of benzene rings is 1. The summed E-state index contributed by atoms with van der Waals surface area (Å²) in [7, 11) is 2.14. The van der Waals surface area contributed by atoms with Crippen molar-refractivity contribution in [1.29, 1.82) is 0 Å². The van der Waals surface area contributed by atoms with E-state index in [2.05, 4.69) is 29.6 Å². The van der Waals surface area contributed by atoms with Crippen LogP contribution in [0.1, 0.15) is 25.7 Å². The molecule has 1 aromatic heterocycles. The highest BCUT2D eigenvalue weighted by Crippen LogP contribution is 2.27. The lowest BCUT2D eigenvalue weighted by atomic mass is 10.2. The number of hydrogen-bond acceptors (Lipinski definition) is 4. The highest BCUT2D eigenvalue weighted by Gasteiger charge is 2.03. The molecular formula is C17H24N2OS. The number of fused-ring (bicyclic) bond motifs is 1. The van der Waals surface area contributed by atoms with Gasteiger partial charge >= 0.3 is 0 Å². The van der Waals surface area contributed by atoms with Crippen LogP contribution in [0.4, 0.5) is 0 Å². The van der Waals surface area contributed by atoms with Crippen molar-refractivity contribution in [2.75, 3.05) is 26.7 Å². The van der Waals surface area contributed by atoms with Gasteiger partial charge in [0.05, 0.1) is 16.8 Å². The summed E-state index contributed by atoms with van der Waals surface area (Å²) in [6, 6.07) is 8.15. The maximum atomic E-state index is 5.74. The number of hydrogen-bond donors (Lipinski definition) is 0. The Hall–Kier alpha value is -1.39. The van der Waals surface area contributed by atoms with E-state index in [1.54, 1.807) is 11.3 Å². The third-order valence-corrected chi connectivity index (χ3v) is 4.32. The second-order valence-electron chi connectivity index (χ2n) is 5.26. The first-order valence-electron chi connectivity index (χ1n) is 7.57. The van der Waals surface area contributed by atoms with Crippen molar-refractivity contribution in [3.63, 3.8) is 0 Å². The largest absolute Gasteiger partial charge is 0.470 e. The predicted molar refractivity (Wildman–Crippen MR) is 91.3 cm³/mol. The Morgan fingerprint density at radius 3 is 2.86 bits per heavy atom. The van der Waals surface area contributed by atoms with Crippen LogP contribution in [-0.4, -0.2) is 36.6 Å². The van der Waals surface area contributed by atoms with Gasteiger partial charge in [0.2, 0.25) is 0 Å². The normalized spacial score (nSPS) is 11.1. The van der Waals surface area contributed by atoms with E-state index < -0.39 is 0 Å². The van der Waals surface area contributed by atoms with E-state index in [4.69, 9.17) is 4.74 Å². The maximum absolute atomic E-state index is 5.74. The van der Waals surface area contributed by atoms with Gasteiger partial charge in [-0.1, -0.05) is 42.4 Å². The molecule has 1 aromatic carbocycles. The topological polar surface area (TPSA) is 25.4 Å². The molecule has 1 heterocycles. The van der Waals surface area contributed by atoms with Crippen molar-refractivity contribution < 1.29 is 4.74 Å². The summed E-state index contributed by atoms with van der Waals surface area (Å²) in [5, 5.41) is 0.793. The molecule has 114 valence electrons. The number of thiazole rings is 1. The highest BCUT2D eigenvalue weighted by atomic mass is 32.1. The van der Waals surface area contributed by atoms with Gasteiger partial charge in [-0.3, -0.25) is 0 Å². The zero-order valence-electron chi connectivity index (χ0n) is 12.8. The van der Waals surface area contributed by atoms with Crippen molar-refractivity contribution in [3.05, 3.63) is 36.9 Å². The van der Waals surface area contributed by atoms with Gasteiger partial charge in [0.15, 0.2) is 0 Å². The first-order valence-corrected chi connectivity index (χ1v) is 8.39. The van der Waals surface area contributed by atoms with Crippen molar-refractivity contribution in [2.24, 2.45) is 0 Å². The van der Waals surface area contributed by atoms with E-state index in [9.17, 15) is 0 Å². The molecule has 0 spiro atoms. The van der Waals surface area contributed by atoms with Gasteiger partial charge in [-0.05, 0) is 38.6 Å². The molecule has 3 nitrogen and oxygen atoms in total.